The number of aromatic nitrogens is 2. The molecule has 7 heteroatoms. The quantitative estimate of drug-likeness (QED) is 0.732. The molecule has 3 aliphatic rings. The Bertz CT molecular complexity index is 1020. The van der Waals surface area contributed by atoms with Crippen LogP contribution in [-0.4, -0.2) is 40.3 Å². The van der Waals surface area contributed by atoms with E-state index >= 15 is 0 Å². The Morgan fingerprint density at radius 1 is 1.06 bits per heavy atom. The first-order valence-electron chi connectivity index (χ1n) is 12.4. The topological polar surface area (TPSA) is 76.5 Å². The van der Waals surface area contributed by atoms with Crippen molar-refractivity contribution in [3.8, 4) is 5.75 Å². The Kier molecular flexibility index (Phi) is 5.89. The van der Waals surface area contributed by atoms with Gasteiger partial charge in [0, 0.05) is 17.6 Å². The maximum Gasteiger partial charge on any atom is 0.277 e. The van der Waals surface area contributed by atoms with Crippen molar-refractivity contribution < 1.29 is 14.3 Å². The Balaban J connectivity index is 1.49. The van der Waals surface area contributed by atoms with Gasteiger partial charge in [0.2, 0.25) is 5.91 Å². The van der Waals surface area contributed by atoms with E-state index in [1.54, 1.807) is 16.7 Å². The number of nitrogens with zero attached hydrogens (tertiary/aromatic N) is 3. The Morgan fingerprint density at radius 3 is 2.36 bits per heavy atom. The van der Waals surface area contributed by atoms with Gasteiger partial charge in [0.05, 0.1) is 19.3 Å². The highest BCUT2D eigenvalue weighted by atomic mass is 16.5. The summed E-state index contributed by atoms with van der Waals surface area (Å²) in [6, 6.07) is 9.44. The van der Waals surface area contributed by atoms with E-state index in [4.69, 9.17) is 9.84 Å². The lowest BCUT2D eigenvalue weighted by molar-refractivity contribution is -0.127. The molecule has 33 heavy (non-hydrogen) atoms. The fourth-order valence-corrected chi connectivity index (χ4v) is 5.26. The summed E-state index contributed by atoms with van der Waals surface area (Å²) in [6.45, 7) is 2.21. The van der Waals surface area contributed by atoms with Gasteiger partial charge in [-0.25, -0.2) is 0 Å². The van der Waals surface area contributed by atoms with Crippen molar-refractivity contribution in [1.82, 2.24) is 15.1 Å². The summed E-state index contributed by atoms with van der Waals surface area (Å²) < 4.78 is 7.06. The van der Waals surface area contributed by atoms with E-state index in [1.165, 1.54) is 19.3 Å². The highest BCUT2D eigenvalue weighted by molar-refractivity contribution is 6.11. The highest BCUT2D eigenvalue weighted by Gasteiger charge is 2.49. The molecular weight excluding hydrogens is 416 g/mol. The normalized spacial score (nSPS) is 24.1. The zero-order chi connectivity index (χ0) is 23.0. The standard InChI is InChI=1S/C26H34N4O3/c1-26(25(32)27-19-8-6-4-3-5-7-9-19)17-29-23(16-22(28-29)18-10-11-18)24(31)30(26)20-12-14-21(33-2)15-13-20/h12-16,18-19H,3-11,17H2,1-2H3,(H,27,32)/t26-/m0/s1. The molecular formula is C26H34N4O3. The zero-order valence-electron chi connectivity index (χ0n) is 19.7. The predicted octanol–water partition coefficient (Wildman–Crippen LogP) is 4.42. The molecule has 1 aliphatic heterocycles. The van der Waals surface area contributed by atoms with Gasteiger partial charge in [-0.3, -0.25) is 19.2 Å². The largest absolute Gasteiger partial charge is 0.497 e. The summed E-state index contributed by atoms with van der Waals surface area (Å²) in [5.41, 5.74) is 1.15. The van der Waals surface area contributed by atoms with Crippen LogP contribution in [0.1, 0.15) is 86.8 Å². The average Bonchev–Trinajstić information content (AvgIpc) is 3.55. The van der Waals surface area contributed by atoms with Crippen LogP contribution in [0, 0.1) is 0 Å². The van der Waals surface area contributed by atoms with Gasteiger partial charge in [0.15, 0.2) is 0 Å². The van der Waals surface area contributed by atoms with Gasteiger partial charge in [0.1, 0.15) is 17.0 Å². The lowest BCUT2D eigenvalue weighted by atomic mass is 9.91. The number of ether oxygens (including phenoxy) is 1. The first-order valence-corrected chi connectivity index (χ1v) is 12.4. The smallest absolute Gasteiger partial charge is 0.277 e. The molecule has 7 nitrogen and oxygen atoms in total. The van der Waals surface area contributed by atoms with E-state index in [2.05, 4.69) is 5.32 Å². The van der Waals surface area contributed by atoms with E-state index in [0.717, 1.165) is 44.2 Å². The maximum atomic E-state index is 13.8. The molecule has 2 saturated carbocycles. The van der Waals surface area contributed by atoms with Crippen LogP contribution >= 0.6 is 0 Å². The number of rotatable bonds is 5. The first kappa shape index (κ1) is 22.0. The molecule has 1 aromatic heterocycles. The van der Waals surface area contributed by atoms with Gasteiger partial charge in [0.25, 0.3) is 5.91 Å². The number of hydrogen-bond donors (Lipinski definition) is 1. The number of fused-ring (bicyclic) bond motifs is 1. The molecule has 1 N–H and O–H groups in total. The van der Waals surface area contributed by atoms with Crippen molar-refractivity contribution in [2.24, 2.45) is 0 Å². The fraction of sp³-hybridized carbons (Fsp3) is 0.577. The predicted molar refractivity (Wildman–Crippen MR) is 127 cm³/mol. The molecule has 0 unspecified atom stereocenters. The number of hydrogen-bond acceptors (Lipinski definition) is 4. The molecule has 2 fully saturated rings. The minimum atomic E-state index is -1.08. The molecule has 1 atom stereocenters. The summed E-state index contributed by atoms with van der Waals surface area (Å²) in [5.74, 6) is 0.873. The van der Waals surface area contributed by atoms with Crippen molar-refractivity contribution in [2.45, 2.75) is 88.8 Å². The van der Waals surface area contributed by atoms with Crippen LogP contribution in [0.4, 0.5) is 5.69 Å². The van der Waals surface area contributed by atoms with E-state index in [9.17, 15) is 9.59 Å². The molecule has 2 aliphatic carbocycles. The molecule has 0 radical (unpaired) electrons. The van der Waals surface area contributed by atoms with Crippen LogP contribution in [0.25, 0.3) is 0 Å². The number of methoxy groups -OCH3 is 1. The van der Waals surface area contributed by atoms with Gasteiger partial charge in [-0.15, -0.1) is 0 Å². The number of amides is 2. The molecule has 5 rings (SSSR count). The summed E-state index contributed by atoms with van der Waals surface area (Å²) in [7, 11) is 1.62. The third-order valence-electron chi connectivity index (χ3n) is 7.43. The van der Waals surface area contributed by atoms with E-state index in [-0.39, 0.29) is 17.9 Å². The van der Waals surface area contributed by atoms with Gasteiger partial charge in [-0.2, -0.15) is 5.10 Å². The maximum absolute atomic E-state index is 13.8. The third-order valence-corrected chi connectivity index (χ3v) is 7.43. The number of nitrogens with one attached hydrogen (secondary N) is 1. The van der Waals surface area contributed by atoms with Crippen LogP contribution < -0.4 is 15.0 Å². The Hall–Kier alpha value is -2.83. The lowest BCUT2D eigenvalue weighted by Gasteiger charge is -2.43. The van der Waals surface area contributed by atoms with Crippen molar-refractivity contribution in [3.63, 3.8) is 0 Å². The third kappa shape index (κ3) is 4.25. The summed E-state index contributed by atoms with van der Waals surface area (Å²) in [4.78, 5) is 29.3. The lowest BCUT2D eigenvalue weighted by Crippen LogP contribution is -2.65. The van der Waals surface area contributed by atoms with E-state index < -0.39 is 5.54 Å². The Labute approximate surface area is 195 Å². The molecule has 1 aromatic carbocycles. The van der Waals surface area contributed by atoms with Crippen LogP contribution in [-0.2, 0) is 11.3 Å². The second-order valence-electron chi connectivity index (χ2n) is 10.0. The molecule has 2 heterocycles. The van der Waals surface area contributed by atoms with Gasteiger partial charge < -0.3 is 10.1 Å². The minimum Gasteiger partial charge on any atom is -0.497 e. The second kappa shape index (κ2) is 8.84. The SMILES string of the molecule is COc1ccc(N2C(=O)c3cc(C4CC4)nn3C[C@@]2(C)C(=O)NC2CCCCCCC2)cc1. The molecule has 2 aromatic rings. The number of carbonyl (C=O) groups is 2. The van der Waals surface area contributed by atoms with Crippen molar-refractivity contribution in [1.29, 1.82) is 0 Å². The number of benzene rings is 1. The fourth-order valence-electron chi connectivity index (χ4n) is 5.26. The van der Waals surface area contributed by atoms with E-state index in [1.807, 2.05) is 37.3 Å². The first-order chi connectivity index (χ1) is 16.0. The van der Waals surface area contributed by atoms with Crippen molar-refractivity contribution in [3.05, 3.63) is 41.7 Å². The van der Waals surface area contributed by atoms with Crippen molar-refractivity contribution in [2.75, 3.05) is 12.0 Å². The monoisotopic (exact) mass is 450 g/mol. The van der Waals surface area contributed by atoms with Crippen LogP contribution in [0.5, 0.6) is 5.75 Å². The Morgan fingerprint density at radius 2 is 1.73 bits per heavy atom. The van der Waals surface area contributed by atoms with Gasteiger partial charge in [-0.05, 0) is 62.9 Å². The van der Waals surface area contributed by atoms with Crippen LogP contribution in [0.2, 0.25) is 0 Å². The second-order valence-corrected chi connectivity index (χ2v) is 10.0. The highest BCUT2D eigenvalue weighted by Crippen LogP contribution is 2.41. The van der Waals surface area contributed by atoms with Crippen LogP contribution in [0.15, 0.2) is 30.3 Å². The average molecular weight is 451 g/mol. The van der Waals surface area contributed by atoms with E-state index in [0.29, 0.717) is 29.6 Å². The molecule has 176 valence electrons. The molecule has 0 spiro atoms. The number of anilines is 1. The van der Waals surface area contributed by atoms with Crippen molar-refractivity contribution >= 4 is 17.5 Å². The van der Waals surface area contributed by atoms with Crippen LogP contribution in [0.3, 0.4) is 0 Å². The summed E-state index contributed by atoms with van der Waals surface area (Å²) >= 11 is 0. The number of carbonyl (C=O) groups excluding carboxylic acids is 2. The van der Waals surface area contributed by atoms with Gasteiger partial charge in [-0.1, -0.05) is 32.1 Å². The summed E-state index contributed by atoms with van der Waals surface area (Å²) in [5, 5.41) is 8.05. The van der Waals surface area contributed by atoms with Gasteiger partial charge >= 0.3 is 0 Å². The molecule has 2 amide bonds. The zero-order valence-corrected chi connectivity index (χ0v) is 19.7. The minimum absolute atomic E-state index is 0.105. The summed E-state index contributed by atoms with van der Waals surface area (Å²) in [6.07, 6.45) is 10.2. The molecule has 0 saturated heterocycles. The molecule has 0 bridgehead atoms.